The number of hydrogen-bond acceptors (Lipinski definition) is 0. The normalized spacial score (nSPS) is 9.50. The van der Waals surface area contributed by atoms with Gasteiger partial charge >= 0.3 is 0 Å². The van der Waals surface area contributed by atoms with E-state index >= 15 is 0 Å². The number of allylic oxidation sites excluding steroid dienone is 3. The highest BCUT2D eigenvalue weighted by molar-refractivity contribution is 4.88. The van der Waals surface area contributed by atoms with Crippen LogP contribution in [-0.4, -0.2) is 0 Å². The Kier molecular flexibility index (Phi) is 4.09. The third-order valence-corrected chi connectivity index (χ3v) is 0.471. The van der Waals surface area contributed by atoms with E-state index in [9.17, 15) is 0 Å². The first-order valence-corrected chi connectivity index (χ1v) is 2.09. The molecule has 0 aromatic rings. The van der Waals surface area contributed by atoms with Crippen LogP contribution in [0.2, 0.25) is 0 Å². The SMILES string of the molecule is C=[C]/C=C/CC. The second kappa shape index (κ2) is 4.48. The fraction of sp³-hybridized carbons (Fsp3) is 0.333. The first kappa shape index (κ1) is 5.48. The van der Waals surface area contributed by atoms with Crippen molar-refractivity contribution in [1.29, 1.82) is 0 Å². The second-order valence-corrected chi connectivity index (χ2v) is 1.01. The maximum atomic E-state index is 3.39. The van der Waals surface area contributed by atoms with E-state index in [1.165, 1.54) is 0 Å². The molecule has 0 amide bonds. The van der Waals surface area contributed by atoms with Crippen molar-refractivity contribution in [2.24, 2.45) is 0 Å². The summed E-state index contributed by atoms with van der Waals surface area (Å²) in [4.78, 5) is 0. The summed E-state index contributed by atoms with van der Waals surface area (Å²) >= 11 is 0. The van der Waals surface area contributed by atoms with Gasteiger partial charge in [0.15, 0.2) is 0 Å². The molecule has 0 fully saturated rings. The zero-order valence-electron chi connectivity index (χ0n) is 4.07. The summed E-state index contributed by atoms with van der Waals surface area (Å²) in [7, 11) is 0. The van der Waals surface area contributed by atoms with Gasteiger partial charge in [-0.15, -0.1) is 0 Å². The molecule has 0 aromatic carbocycles. The molecule has 0 aliphatic heterocycles. The van der Waals surface area contributed by atoms with Gasteiger partial charge in [0.2, 0.25) is 0 Å². The molecule has 0 aliphatic carbocycles. The van der Waals surface area contributed by atoms with Crippen LogP contribution >= 0.6 is 0 Å². The molecule has 0 atom stereocenters. The fourth-order valence-corrected chi connectivity index (χ4v) is 0.201. The second-order valence-electron chi connectivity index (χ2n) is 1.01. The van der Waals surface area contributed by atoms with E-state index in [4.69, 9.17) is 0 Å². The molecule has 0 N–H and O–H groups in total. The lowest BCUT2D eigenvalue weighted by atomic mass is 10.4. The van der Waals surface area contributed by atoms with Crippen molar-refractivity contribution < 1.29 is 0 Å². The van der Waals surface area contributed by atoms with Gasteiger partial charge in [-0.05, 0) is 12.5 Å². The van der Waals surface area contributed by atoms with Crippen LogP contribution in [0.15, 0.2) is 18.7 Å². The van der Waals surface area contributed by atoms with Crippen LogP contribution < -0.4 is 0 Å². The van der Waals surface area contributed by atoms with Crippen molar-refractivity contribution in [2.45, 2.75) is 13.3 Å². The largest absolute Gasteiger partial charge is 0.0912 e. The summed E-state index contributed by atoms with van der Waals surface area (Å²) in [5.41, 5.74) is 0. The van der Waals surface area contributed by atoms with Crippen LogP contribution in [0.3, 0.4) is 0 Å². The fourth-order valence-electron chi connectivity index (χ4n) is 0.201. The van der Waals surface area contributed by atoms with E-state index in [0.717, 1.165) is 6.42 Å². The Morgan fingerprint density at radius 3 is 2.67 bits per heavy atom. The molecule has 0 nitrogen and oxygen atoms in total. The summed E-state index contributed by atoms with van der Waals surface area (Å²) in [5, 5.41) is 0. The Morgan fingerprint density at radius 2 is 2.50 bits per heavy atom. The van der Waals surface area contributed by atoms with Crippen molar-refractivity contribution in [3.63, 3.8) is 0 Å². The highest BCUT2D eigenvalue weighted by Gasteiger charge is 1.55. The number of hydrogen-bond donors (Lipinski definition) is 0. The van der Waals surface area contributed by atoms with Gasteiger partial charge in [0, 0.05) is 0 Å². The molecule has 1 radical (unpaired) electrons. The topological polar surface area (TPSA) is 0 Å². The molecule has 6 heavy (non-hydrogen) atoms. The maximum Gasteiger partial charge on any atom is -0.0265 e. The Morgan fingerprint density at radius 1 is 1.83 bits per heavy atom. The smallest absolute Gasteiger partial charge is 0.0265 e. The molecule has 0 heterocycles. The monoisotopic (exact) mass is 81.1 g/mol. The minimum absolute atomic E-state index is 1.07. The van der Waals surface area contributed by atoms with Crippen LogP contribution in [0.4, 0.5) is 0 Å². The van der Waals surface area contributed by atoms with Gasteiger partial charge in [-0.3, -0.25) is 0 Å². The third kappa shape index (κ3) is 3.48. The van der Waals surface area contributed by atoms with Gasteiger partial charge in [-0.1, -0.05) is 25.7 Å². The lowest BCUT2D eigenvalue weighted by Crippen LogP contribution is -1.47. The van der Waals surface area contributed by atoms with E-state index in [1.54, 1.807) is 0 Å². The van der Waals surface area contributed by atoms with Crippen molar-refractivity contribution in [3.05, 3.63) is 24.8 Å². The highest BCUT2D eigenvalue weighted by Crippen LogP contribution is 1.75. The molecule has 0 rings (SSSR count). The van der Waals surface area contributed by atoms with E-state index in [1.807, 2.05) is 12.2 Å². The van der Waals surface area contributed by atoms with E-state index in [-0.39, 0.29) is 0 Å². The van der Waals surface area contributed by atoms with Crippen LogP contribution in [0, 0.1) is 6.08 Å². The zero-order chi connectivity index (χ0) is 4.83. The van der Waals surface area contributed by atoms with Crippen LogP contribution in [0.1, 0.15) is 13.3 Å². The van der Waals surface area contributed by atoms with E-state index < -0.39 is 0 Å². The lowest BCUT2D eigenvalue weighted by molar-refractivity contribution is 1.22. The minimum atomic E-state index is 1.07. The van der Waals surface area contributed by atoms with Gasteiger partial charge in [-0.25, -0.2) is 0 Å². The van der Waals surface area contributed by atoms with Gasteiger partial charge in [-0.2, -0.15) is 0 Å². The Balaban J connectivity index is 2.94. The molecule has 0 spiro atoms. The van der Waals surface area contributed by atoms with E-state index in [2.05, 4.69) is 19.6 Å². The first-order valence-electron chi connectivity index (χ1n) is 2.09. The molecular weight excluding hydrogens is 72.1 g/mol. The molecular formula is C6H9. The predicted octanol–water partition coefficient (Wildman–Crippen LogP) is 1.94. The van der Waals surface area contributed by atoms with Crippen molar-refractivity contribution in [3.8, 4) is 0 Å². The van der Waals surface area contributed by atoms with Crippen molar-refractivity contribution >= 4 is 0 Å². The van der Waals surface area contributed by atoms with Gasteiger partial charge in [0.1, 0.15) is 0 Å². The van der Waals surface area contributed by atoms with Crippen LogP contribution in [-0.2, 0) is 0 Å². The molecule has 33 valence electrons. The maximum absolute atomic E-state index is 3.39. The molecule has 0 bridgehead atoms. The lowest BCUT2D eigenvalue weighted by Gasteiger charge is -1.67. The predicted molar refractivity (Wildman–Crippen MR) is 28.3 cm³/mol. The first-order chi connectivity index (χ1) is 2.91. The average molecular weight is 81.1 g/mol. The molecule has 0 aromatic heterocycles. The summed E-state index contributed by atoms with van der Waals surface area (Å²) in [6, 6.07) is 0. The third-order valence-electron chi connectivity index (χ3n) is 0.471. The average Bonchev–Trinajstić information content (AvgIpc) is 1.61. The molecule has 0 unspecified atom stereocenters. The highest BCUT2D eigenvalue weighted by atomic mass is 13.6. The van der Waals surface area contributed by atoms with Gasteiger partial charge in [0.05, 0.1) is 0 Å². The number of rotatable bonds is 2. The van der Waals surface area contributed by atoms with Crippen LogP contribution in [0.25, 0.3) is 0 Å². The molecule has 0 saturated carbocycles. The quantitative estimate of drug-likeness (QED) is 0.445. The molecule has 0 saturated heterocycles. The minimum Gasteiger partial charge on any atom is -0.0912 e. The summed E-state index contributed by atoms with van der Waals surface area (Å²) in [5.74, 6) is 0. The zero-order valence-corrected chi connectivity index (χ0v) is 4.07. The summed E-state index contributed by atoms with van der Waals surface area (Å²) in [6.07, 6.45) is 7.54. The summed E-state index contributed by atoms with van der Waals surface area (Å²) < 4.78 is 0. The van der Waals surface area contributed by atoms with Crippen molar-refractivity contribution in [1.82, 2.24) is 0 Å². The molecule has 0 heteroatoms. The van der Waals surface area contributed by atoms with Crippen LogP contribution in [0.5, 0.6) is 0 Å². The van der Waals surface area contributed by atoms with Crippen molar-refractivity contribution in [2.75, 3.05) is 0 Å². The van der Waals surface area contributed by atoms with Gasteiger partial charge < -0.3 is 0 Å². The Labute approximate surface area is 39.2 Å². The standard InChI is InChI=1S/C6H9/c1-3-5-6-4-2/h5-6H,1,4H2,2H3/b6-5+. The summed E-state index contributed by atoms with van der Waals surface area (Å²) in [6.45, 7) is 5.46. The van der Waals surface area contributed by atoms with E-state index in [0.29, 0.717) is 0 Å². The Bertz CT molecular complexity index is 51.1. The Hall–Kier alpha value is -0.520. The van der Waals surface area contributed by atoms with Gasteiger partial charge in [0.25, 0.3) is 0 Å². The molecule has 0 aliphatic rings.